The van der Waals surface area contributed by atoms with Gasteiger partial charge in [-0.1, -0.05) is 13.8 Å². The van der Waals surface area contributed by atoms with E-state index in [-0.39, 0.29) is 22.9 Å². The first-order valence-electron chi connectivity index (χ1n) is 6.03. The fourth-order valence-electron chi connectivity index (χ4n) is 1.75. The van der Waals surface area contributed by atoms with Crippen LogP contribution in [0.5, 0.6) is 0 Å². The summed E-state index contributed by atoms with van der Waals surface area (Å²) in [5.41, 5.74) is -0.0564. The third-order valence-electron chi connectivity index (χ3n) is 2.66. The first-order chi connectivity index (χ1) is 9.35. The highest BCUT2D eigenvalue weighted by Gasteiger charge is 2.23. The summed E-state index contributed by atoms with van der Waals surface area (Å²) >= 11 is 0. The molecule has 2 N–H and O–H groups in total. The molecule has 0 bridgehead atoms. The Hall–Kier alpha value is -2.62. The summed E-state index contributed by atoms with van der Waals surface area (Å²) in [6.45, 7) is 3.73. The van der Waals surface area contributed by atoms with Gasteiger partial charge in [0.2, 0.25) is 0 Å². The minimum absolute atomic E-state index is 0.0991. The minimum Gasteiger partial charge on any atom is -0.480 e. The topological polar surface area (TPSA) is 116 Å². The number of benzene rings is 1. The average Bonchev–Trinajstić information content (AvgIpc) is 2.37. The summed E-state index contributed by atoms with van der Waals surface area (Å²) in [6.07, 6.45) is 0.340. The normalized spacial score (nSPS) is 11.7. The zero-order chi connectivity index (χ0) is 15.3. The Balaban J connectivity index is 3.09. The molecule has 0 saturated heterocycles. The van der Waals surface area contributed by atoms with E-state index in [0.29, 0.717) is 6.42 Å². The molecular formula is C13H15N3O4. The average molecular weight is 277 g/mol. The number of nitrogens with one attached hydrogen (secondary N) is 1. The molecule has 1 atom stereocenters. The Morgan fingerprint density at radius 2 is 2.20 bits per heavy atom. The van der Waals surface area contributed by atoms with Gasteiger partial charge in [-0.2, -0.15) is 5.26 Å². The number of hydrogen-bond acceptors (Lipinski definition) is 5. The van der Waals surface area contributed by atoms with E-state index in [2.05, 4.69) is 5.32 Å². The number of hydrogen-bond donors (Lipinski definition) is 2. The molecule has 0 spiro atoms. The Morgan fingerprint density at radius 3 is 2.65 bits per heavy atom. The molecule has 0 saturated carbocycles. The molecular weight excluding hydrogens is 262 g/mol. The van der Waals surface area contributed by atoms with Crippen molar-refractivity contribution in [3.05, 3.63) is 33.9 Å². The van der Waals surface area contributed by atoms with Gasteiger partial charge in [0, 0.05) is 6.07 Å². The Kier molecular flexibility index (Phi) is 5.03. The zero-order valence-electron chi connectivity index (χ0n) is 11.2. The SMILES string of the molecule is CC(C)C[C@H](Nc1ccc(C#N)cc1[N+](=O)[O-])C(=O)O. The van der Waals surface area contributed by atoms with E-state index < -0.39 is 16.9 Å². The van der Waals surface area contributed by atoms with Crippen LogP contribution in [0.4, 0.5) is 11.4 Å². The van der Waals surface area contributed by atoms with Crippen LogP contribution in [0.15, 0.2) is 18.2 Å². The first kappa shape index (κ1) is 15.4. The minimum atomic E-state index is -1.07. The highest BCUT2D eigenvalue weighted by molar-refractivity contribution is 5.79. The van der Waals surface area contributed by atoms with Crippen molar-refractivity contribution in [2.45, 2.75) is 26.3 Å². The molecule has 0 amide bonds. The molecule has 7 nitrogen and oxygen atoms in total. The van der Waals surface area contributed by atoms with Crippen LogP contribution < -0.4 is 5.32 Å². The van der Waals surface area contributed by atoms with Crippen molar-refractivity contribution in [2.24, 2.45) is 5.92 Å². The number of carbonyl (C=O) groups is 1. The summed E-state index contributed by atoms with van der Waals surface area (Å²) in [5, 5.41) is 31.5. The van der Waals surface area contributed by atoms with Gasteiger partial charge in [-0.15, -0.1) is 0 Å². The van der Waals surface area contributed by atoms with Gasteiger partial charge >= 0.3 is 5.97 Å². The van der Waals surface area contributed by atoms with Crippen LogP contribution in [0.3, 0.4) is 0 Å². The number of nitriles is 1. The summed E-state index contributed by atoms with van der Waals surface area (Å²) in [6, 6.07) is 4.78. The molecule has 0 fully saturated rings. The van der Waals surface area contributed by atoms with Gasteiger partial charge in [0.1, 0.15) is 11.7 Å². The van der Waals surface area contributed by atoms with Crippen LogP contribution in [0.1, 0.15) is 25.8 Å². The van der Waals surface area contributed by atoms with Crippen LogP contribution in [0.25, 0.3) is 0 Å². The number of carboxylic acid groups (broad SMARTS) is 1. The summed E-state index contributed by atoms with van der Waals surface area (Å²) in [7, 11) is 0. The van der Waals surface area contributed by atoms with E-state index in [1.54, 1.807) is 0 Å². The third-order valence-corrected chi connectivity index (χ3v) is 2.66. The summed E-state index contributed by atoms with van der Waals surface area (Å²) < 4.78 is 0. The van der Waals surface area contributed by atoms with E-state index in [9.17, 15) is 14.9 Å². The molecule has 20 heavy (non-hydrogen) atoms. The Labute approximate surface area is 116 Å². The largest absolute Gasteiger partial charge is 0.480 e. The van der Waals surface area contributed by atoms with Crippen molar-refractivity contribution in [1.29, 1.82) is 5.26 Å². The number of anilines is 1. The van der Waals surface area contributed by atoms with Crippen LogP contribution in [-0.4, -0.2) is 22.0 Å². The van der Waals surface area contributed by atoms with Crippen LogP contribution in [0, 0.1) is 27.4 Å². The lowest BCUT2D eigenvalue weighted by Gasteiger charge is -2.17. The Bertz CT molecular complexity index is 563. The molecule has 1 aromatic rings. The lowest BCUT2D eigenvalue weighted by atomic mass is 10.0. The van der Waals surface area contributed by atoms with Crippen molar-refractivity contribution in [3.8, 4) is 6.07 Å². The molecule has 0 unspecified atom stereocenters. The van der Waals surface area contributed by atoms with Gasteiger partial charge < -0.3 is 10.4 Å². The number of carboxylic acids is 1. The number of nitro groups is 1. The first-order valence-corrected chi connectivity index (χ1v) is 6.03. The fraction of sp³-hybridized carbons (Fsp3) is 0.385. The van der Waals surface area contributed by atoms with E-state index in [1.165, 1.54) is 12.1 Å². The smallest absolute Gasteiger partial charge is 0.326 e. The van der Waals surface area contributed by atoms with E-state index in [1.807, 2.05) is 19.9 Å². The molecule has 0 aliphatic rings. The number of nitrogens with zero attached hydrogens (tertiary/aromatic N) is 2. The van der Waals surface area contributed by atoms with Gasteiger partial charge in [0.25, 0.3) is 5.69 Å². The van der Waals surface area contributed by atoms with Crippen LogP contribution >= 0.6 is 0 Å². The van der Waals surface area contributed by atoms with Gasteiger partial charge in [0.05, 0.1) is 16.6 Å². The predicted molar refractivity (Wildman–Crippen MR) is 72.3 cm³/mol. The predicted octanol–water partition coefficient (Wildman–Crippen LogP) is 2.38. The standard InChI is InChI=1S/C13H15N3O4/c1-8(2)5-11(13(17)18)15-10-4-3-9(7-14)6-12(10)16(19)20/h3-4,6,8,11,15H,5H2,1-2H3,(H,17,18)/t11-/m0/s1. The quantitative estimate of drug-likeness (QED) is 0.609. The number of aliphatic carboxylic acids is 1. The maximum Gasteiger partial charge on any atom is 0.326 e. The maximum absolute atomic E-state index is 11.2. The second-order valence-electron chi connectivity index (χ2n) is 4.77. The molecule has 0 aromatic heterocycles. The molecule has 1 rings (SSSR count). The molecule has 0 aliphatic heterocycles. The monoisotopic (exact) mass is 277 g/mol. The third kappa shape index (κ3) is 3.95. The van der Waals surface area contributed by atoms with Gasteiger partial charge in [-0.3, -0.25) is 10.1 Å². The fourth-order valence-corrected chi connectivity index (χ4v) is 1.75. The van der Waals surface area contributed by atoms with Crippen molar-refractivity contribution in [2.75, 3.05) is 5.32 Å². The highest BCUT2D eigenvalue weighted by Crippen LogP contribution is 2.27. The molecule has 0 aliphatic carbocycles. The molecule has 0 heterocycles. The maximum atomic E-state index is 11.2. The van der Waals surface area contributed by atoms with Crippen molar-refractivity contribution in [1.82, 2.24) is 0 Å². The summed E-state index contributed by atoms with van der Waals surface area (Å²) in [5.74, 6) is -0.946. The highest BCUT2D eigenvalue weighted by atomic mass is 16.6. The van der Waals surface area contributed by atoms with Crippen LogP contribution in [0.2, 0.25) is 0 Å². The van der Waals surface area contributed by atoms with Crippen molar-refractivity contribution >= 4 is 17.3 Å². The molecule has 0 radical (unpaired) electrons. The zero-order valence-corrected chi connectivity index (χ0v) is 11.2. The number of nitro benzene ring substituents is 1. The van der Waals surface area contributed by atoms with Crippen LogP contribution in [-0.2, 0) is 4.79 Å². The van der Waals surface area contributed by atoms with Crippen molar-refractivity contribution < 1.29 is 14.8 Å². The molecule has 106 valence electrons. The van der Waals surface area contributed by atoms with E-state index in [4.69, 9.17) is 10.4 Å². The van der Waals surface area contributed by atoms with Crippen molar-refractivity contribution in [3.63, 3.8) is 0 Å². The molecule has 7 heteroatoms. The van der Waals surface area contributed by atoms with Gasteiger partial charge in [0.15, 0.2) is 0 Å². The van der Waals surface area contributed by atoms with E-state index in [0.717, 1.165) is 6.07 Å². The van der Waals surface area contributed by atoms with Gasteiger partial charge in [-0.05, 0) is 24.5 Å². The second kappa shape index (κ2) is 6.52. The summed E-state index contributed by atoms with van der Waals surface area (Å²) in [4.78, 5) is 21.5. The Morgan fingerprint density at radius 1 is 1.55 bits per heavy atom. The number of rotatable bonds is 6. The lowest BCUT2D eigenvalue weighted by Crippen LogP contribution is -2.31. The van der Waals surface area contributed by atoms with E-state index >= 15 is 0 Å². The molecule has 1 aromatic carbocycles. The lowest BCUT2D eigenvalue weighted by molar-refractivity contribution is -0.384. The second-order valence-corrected chi connectivity index (χ2v) is 4.77. The van der Waals surface area contributed by atoms with Gasteiger partial charge in [-0.25, -0.2) is 4.79 Å².